The van der Waals surface area contributed by atoms with Gasteiger partial charge in [-0.15, -0.1) is 0 Å². The van der Waals surface area contributed by atoms with Crippen LogP contribution in [0.25, 0.3) is 10.9 Å². The monoisotopic (exact) mass is 258 g/mol. The van der Waals surface area contributed by atoms with Crippen molar-refractivity contribution in [3.63, 3.8) is 0 Å². The number of benzene rings is 1. The predicted octanol–water partition coefficient (Wildman–Crippen LogP) is 2.81. The molecule has 4 heteroatoms. The maximum atomic E-state index is 13.1. The van der Waals surface area contributed by atoms with Crippen molar-refractivity contribution >= 4 is 16.8 Å². The van der Waals surface area contributed by atoms with Gasteiger partial charge in [0.25, 0.3) is 5.91 Å². The Kier molecular flexibility index (Phi) is 3.15. The third kappa shape index (κ3) is 2.43. The molecule has 1 saturated heterocycles. The number of hydrogen-bond donors (Lipinski definition) is 0. The van der Waals surface area contributed by atoms with Crippen LogP contribution in [0, 0.1) is 0 Å². The van der Waals surface area contributed by atoms with Gasteiger partial charge in [-0.2, -0.15) is 0 Å². The van der Waals surface area contributed by atoms with E-state index in [4.69, 9.17) is 0 Å². The molecule has 0 radical (unpaired) electrons. The van der Waals surface area contributed by atoms with Crippen LogP contribution in [-0.4, -0.2) is 35.1 Å². The minimum atomic E-state index is -0.770. The van der Waals surface area contributed by atoms with Gasteiger partial charge in [0.1, 0.15) is 11.9 Å². The Balaban J connectivity index is 1.85. The highest BCUT2D eigenvalue weighted by Gasteiger charge is 2.23. The van der Waals surface area contributed by atoms with Crippen molar-refractivity contribution in [2.75, 3.05) is 13.1 Å². The number of nitrogens with zero attached hydrogens (tertiary/aromatic N) is 2. The molecule has 1 fully saturated rings. The first kappa shape index (κ1) is 12.1. The number of carbonyl (C=O) groups excluding carboxylic acids is 1. The van der Waals surface area contributed by atoms with E-state index in [0.29, 0.717) is 31.6 Å². The average molecular weight is 258 g/mol. The second kappa shape index (κ2) is 4.96. The van der Waals surface area contributed by atoms with Crippen molar-refractivity contribution in [1.29, 1.82) is 0 Å². The van der Waals surface area contributed by atoms with Gasteiger partial charge in [0.15, 0.2) is 0 Å². The van der Waals surface area contributed by atoms with Crippen LogP contribution in [0.3, 0.4) is 0 Å². The normalized spacial score (nSPS) is 16.8. The number of likely N-dealkylation sites (tertiary alicyclic amines) is 1. The number of pyridine rings is 1. The summed E-state index contributed by atoms with van der Waals surface area (Å²) >= 11 is 0. The van der Waals surface area contributed by atoms with Crippen LogP contribution >= 0.6 is 0 Å². The number of hydrogen-bond acceptors (Lipinski definition) is 2. The number of amides is 1. The zero-order chi connectivity index (χ0) is 13.2. The van der Waals surface area contributed by atoms with E-state index in [2.05, 4.69) is 4.98 Å². The molecule has 0 saturated carbocycles. The van der Waals surface area contributed by atoms with Crippen LogP contribution in [0.1, 0.15) is 23.3 Å². The highest BCUT2D eigenvalue weighted by atomic mass is 19.1. The van der Waals surface area contributed by atoms with E-state index in [1.54, 1.807) is 11.0 Å². The Morgan fingerprint density at radius 2 is 1.89 bits per heavy atom. The fraction of sp³-hybridized carbons (Fsp3) is 0.333. The van der Waals surface area contributed by atoms with Crippen molar-refractivity contribution in [1.82, 2.24) is 9.88 Å². The van der Waals surface area contributed by atoms with Gasteiger partial charge in [-0.1, -0.05) is 24.3 Å². The standard InChI is InChI=1S/C15H15FN2O/c16-12-7-9-18(10-8-12)15(19)14-6-5-11-3-1-2-4-13(11)17-14/h1-6,12H,7-10H2. The summed E-state index contributed by atoms with van der Waals surface area (Å²) in [5.74, 6) is -0.0994. The van der Waals surface area contributed by atoms with Crippen LogP contribution in [0.2, 0.25) is 0 Å². The molecule has 0 unspecified atom stereocenters. The van der Waals surface area contributed by atoms with E-state index >= 15 is 0 Å². The molecule has 0 N–H and O–H groups in total. The molecule has 2 aromatic rings. The van der Waals surface area contributed by atoms with Gasteiger partial charge in [-0.05, 0) is 25.0 Å². The lowest BCUT2D eigenvalue weighted by atomic mass is 10.1. The van der Waals surface area contributed by atoms with E-state index < -0.39 is 6.17 Å². The number of alkyl halides is 1. The average Bonchev–Trinajstić information content (AvgIpc) is 2.47. The van der Waals surface area contributed by atoms with Crippen LogP contribution < -0.4 is 0 Å². The summed E-state index contributed by atoms with van der Waals surface area (Å²) in [6.45, 7) is 0.961. The first-order chi connectivity index (χ1) is 9.24. The lowest BCUT2D eigenvalue weighted by Crippen LogP contribution is -2.39. The molecule has 1 aromatic carbocycles. The van der Waals surface area contributed by atoms with Crippen molar-refractivity contribution < 1.29 is 9.18 Å². The molecule has 1 aliphatic rings. The molecule has 19 heavy (non-hydrogen) atoms. The molecule has 0 aliphatic carbocycles. The van der Waals surface area contributed by atoms with E-state index in [-0.39, 0.29) is 5.91 Å². The number of piperidine rings is 1. The molecule has 0 atom stereocenters. The SMILES string of the molecule is O=C(c1ccc2ccccc2n1)N1CCC(F)CC1. The molecule has 2 heterocycles. The lowest BCUT2D eigenvalue weighted by Gasteiger charge is -2.28. The van der Waals surface area contributed by atoms with Crippen molar-refractivity contribution in [2.24, 2.45) is 0 Å². The number of halogens is 1. The van der Waals surface area contributed by atoms with Crippen molar-refractivity contribution in [2.45, 2.75) is 19.0 Å². The molecule has 0 spiro atoms. The van der Waals surface area contributed by atoms with E-state index in [0.717, 1.165) is 10.9 Å². The number of carbonyl (C=O) groups is 1. The van der Waals surface area contributed by atoms with E-state index in [9.17, 15) is 9.18 Å². The van der Waals surface area contributed by atoms with Crippen LogP contribution in [0.4, 0.5) is 4.39 Å². The van der Waals surface area contributed by atoms with E-state index in [1.165, 1.54) is 0 Å². The van der Waals surface area contributed by atoms with Gasteiger partial charge in [-0.3, -0.25) is 4.79 Å². The minimum Gasteiger partial charge on any atom is -0.337 e. The topological polar surface area (TPSA) is 33.2 Å². The number of aromatic nitrogens is 1. The highest BCUT2D eigenvalue weighted by molar-refractivity contribution is 5.94. The third-order valence-electron chi connectivity index (χ3n) is 3.53. The fourth-order valence-electron chi connectivity index (χ4n) is 2.40. The maximum Gasteiger partial charge on any atom is 0.272 e. The Bertz CT molecular complexity index is 606. The van der Waals surface area contributed by atoms with Gasteiger partial charge in [0.05, 0.1) is 5.52 Å². The Morgan fingerprint density at radius 3 is 2.68 bits per heavy atom. The number of rotatable bonds is 1. The molecular formula is C15H15FN2O. The summed E-state index contributed by atoms with van der Waals surface area (Å²) < 4.78 is 13.1. The van der Waals surface area contributed by atoms with Gasteiger partial charge in [-0.25, -0.2) is 9.37 Å². The van der Waals surface area contributed by atoms with Gasteiger partial charge in [0.2, 0.25) is 0 Å². The van der Waals surface area contributed by atoms with Crippen molar-refractivity contribution in [3.8, 4) is 0 Å². The molecule has 3 nitrogen and oxygen atoms in total. The van der Waals surface area contributed by atoms with Crippen LogP contribution in [0.5, 0.6) is 0 Å². The Morgan fingerprint density at radius 1 is 1.16 bits per heavy atom. The first-order valence-electron chi connectivity index (χ1n) is 6.53. The molecule has 1 aromatic heterocycles. The zero-order valence-corrected chi connectivity index (χ0v) is 10.6. The summed E-state index contributed by atoms with van der Waals surface area (Å²) in [5, 5.41) is 1.02. The maximum absolute atomic E-state index is 13.1. The van der Waals surface area contributed by atoms with Gasteiger partial charge in [0, 0.05) is 18.5 Å². The fourth-order valence-corrected chi connectivity index (χ4v) is 2.40. The molecule has 1 aliphatic heterocycles. The molecule has 98 valence electrons. The molecule has 0 bridgehead atoms. The number of para-hydroxylation sites is 1. The molecule has 1 amide bonds. The summed E-state index contributed by atoms with van der Waals surface area (Å²) in [4.78, 5) is 18.4. The largest absolute Gasteiger partial charge is 0.337 e. The summed E-state index contributed by atoms with van der Waals surface area (Å²) in [5.41, 5.74) is 1.25. The Labute approximate surface area is 111 Å². The molecular weight excluding hydrogens is 243 g/mol. The highest BCUT2D eigenvalue weighted by Crippen LogP contribution is 2.17. The van der Waals surface area contributed by atoms with Crippen LogP contribution in [0.15, 0.2) is 36.4 Å². The quantitative estimate of drug-likeness (QED) is 0.788. The van der Waals surface area contributed by atoms with Crippen LogP contribution in [-0.2, 0) is 0 Å². The first-order valence-corrected chi connectivity index (χ1v) is 6.53. The summed E-state index contributed by atoms with van der Waals surface area (Å²) in [7, 11) is 0. The smallest absolute Gasteiger partial charge is 0.272 e. The minimum absolute atomic E-state index is 0.0994. The second-order valence-electron chi connectivity index (χ2n) is 4.86. The summed E-state index contributed by atoms with van der Waals surface area (Å²) in [6.07, 6.45) is 0.0900. The predicted molar refractivity (Wildman–Crippen MR) is 71.8 cm³/mol. The van der Waals surface area contributed by atoms with Crippen molar-refractivity contribution in [3.05, 3.63) is 42.1 Å². The summed E-state index contributed by atoms with van der Waals surface area (Å²) in [6, 6.07) is 11.3. The third-order valence-corrected chi connectivity index (χ3v) is 3.53. The van der Waals surface area contributed by atoms with Gasteiger partial charge >= 0.3 is 0 Å². The zero-order valence-electron chi connectivity index (χ0n) is 10.6. The lowest BCUT2D eigenvalue weighted by molar-refractivity contribution is 0.0661. The molecule has 3 rings (SSSR count). The number of fused-ring (bicyclic) bond motifs is 1. The Hall–Kier alpha value is -1.97. The van der Waals surface area contributed by atoms with Gasteiger partial charge < -0.3 is 4.90 Å². The van der Waals surface area contributed by atoms with E-state index in [1.807, 2.05) is 30.3 Å². The second-order valence-corrected chi connectivity index (χ2v) is 4.86.